The average Bonchev–Trinajstić information content (AvgIpc) is 3.04. The molecule has 1 aliphatic rings. The normalized spacial score (nSPS) is 20.1. The number of methoxy groups -OCH3 is 2. The number of carbonyl (C=O) groups is 1. The van der Waals surface area contributed by atoms with Gasteiger partial charge in [-0.25, -0.2) is 0 Å². The number of likely N-dealkylation sites (tertiary alicyclic amines) is 1. The SMILES string of the molecule is COc1cc(CN2CCC(C)(C(=O)O)C2)c(-c2ccccc2)cc1OC. The van der Waals surface area contributed by atoms with Crippen LogP contribution < -0.4 is 9.47 Å². The number of nitrogens with zero attached hydrogens (tertiary/aromatic N) is 1. The maximum Gasteiger partial charge on any atom is 0.310 e. The average molecular weight is 355 g/mol. The van der Waals surface area contributed by atoms with Crippen LogP contribution in [0, 0.1) is 5.41 Å². The van der Waals surface area contributed by atoms with Crippen molar-refractivity contribution in [3.8, 4) is 22.6 Å². The molecule has 1 N–H and O–H groups in total. The Morgan fingerprint density at radius 1 is 1.15 bits per heavy atom. The molecule has 1 unspecified atom stereocenters. The molecular weight excluding hydrogens is 330 g/mol. The van der Waals surface area contributed by atoms with Crippen LogP contribution >= 0.6 is 0 Å². The van der Waals surface area contributed by atoms with Gasteiger partial charge >= 0.3 is 5.97 Å². The first kappa shape index (κ1) is 18.3. The lowest BCUT2D eigenvalue weighted by Gasteiger charge is -2.22. The van der Waals surface area contributed by atoms with E-state index in [1.807, 2.05) is 37.3 Å². The third-order valence-electron chi connectivity index (χ3n) is 5.16. The minimum absolute atomic E-state index is 0.547. The molecule has 0 amide bonds. The van der Waals surface area contributed by atoms with Crippen molar-refractivity contribution in [1.29, 1.82) is 0 Å². The van der Waals surface area contributed by atoms with E-state index in [1.165, 1.54) is 0 Å². The van der Waals surface area contributed by atoms with Crippen LogP contribution in [0.4, 0.5) is 0 Å². The summed E-state index contributed by atoms with van der Waals surface area (Å²) in [6.45, 7) is 3.81. The Kier molecular flexibility index (Phi) is 5.18. The largest absolute Gasteiger partial charge is 0.493 e. The highest BCUT2D eigenvalue weighted by Crippen LogP contribution is 2.38. The molecule has 0 saturated carbocycles. The van der Waals surface area contributed by atoms with Gasteiger partial charge in [0.05, 0.1) is 19.6 Å². The Morgan fingerprint density at radius 3 is 2.38 bits per heavy atom. The summed E-state index contributed by atoms with van der Waals surface area (Å²) in [6.07, 6.45) is 0.663. The number of carboxylic acids is 1. The number of aliphatic carboxylic acids is 1. The lowest BCUT2D eigenvalue weighted by atomic mass is 9.90. The molecule has 2 aromatic rings. The van der Waals surface area contributed by atoms with E-state index < -0.39 is 11.4 Å². The van der Waals surface area contributed by atoms with Crippen LogP contribution in [-0.4, -0.2) is 43.3 Å². The summed E-state index contributed by atoms with van der Waals surface area (Å²) in [5, 5.41) is 9.48. The molecule has 26 heavy (non-hydrogen) atoms. The van der Waals surface area contributed by atoms with Gasteiger partial charge in [0.25, 0.3) is 0 Å². The third-order valence-corrected chi connectivity index (χ3v) is 5.16. The van der Waals surface area contributed by atoms with Gasteiger partial charge < -0.3 is 14.6 Å². The van der Waals surface area contributed by atoms with Crippen molar-refractivity contribution in [2.45, 2.75) is 19.9 Å². The van der Waals surface area contributed by atoms with Crippen molar-refractivity contribution in [3.05, 3.63) is 48.0 Å². The number of carboxylic acid groups (broad SMARTS) is 1. The molecule has 5 nitrogen and oxygen atoms in total. The van der Waals surface area contributed by atoms with Crippen LogP contribution in [0.2, 0.25) is 0 Å². The maximum absolute atomic E-state index is 11.5. The minimum Gasteiger partial charge on any atom is -0.493 e. The van der Waals surface area contributed by atoms with E-state index in [2.05, 4.69) is 17.0 Å². The third kappa shape index (κ3) is 3.53. The number of ether oxygens (including phenoxy) is 2. The maximum atomic E-state index is 11.5. The van der Waals surface area contributed by atoms with Gasteiger partial charge in [0.2, 0.25) is 0 Å². The van der Waals surface area contributed by atoms with E-state index in [9.17, 15) is 9.90 Å². The van der Waals surface area contributed by atoms with E-state index in [1.54, 1.807) is 14.2 Å². The van der Waals surface area contributed by atoms with Gasteiger partial charge in [0.15, 0.2) is 11.5 Å². The second-order valence-corrected chi connectivity index (χ2v) is 7.06. The molecule has 0 spiro atoms. The number of benzene rings is 2. The number of rotatable bonds is 6. The molecule has 0 radical (unpaired) electrons. The molecule has 1 aliphatic heterocycles. The van der Waals surface area contributed by atoms with Crippen molar-refractivity contribution in [2.24, 2.45) is 5.41 Å². The topological polar surface area (TPSA) is 59.0 Å². The van der Waals surface area contributed by atoms with Gasteiger partial charge in [-0.1, -0.05) is 30.3 Å². The molecule has 2 aromatic carbocycles. The highest BCUT2D eigenvalue weighted by atomic mass is 16.5. The summed E-state index contributed by atoms with van der Waals surface area (Å²) in [5.74, 6) is 0.643. The fourth-order valence-corrected chi connectivity index (χ4v) is 3.55. The molecule has 1 saturated heterocycles. The smallest absolute Gasteiger partial charge is 0.310 e. The van der Waals surface area contributed by atoms with Crippen LogP contribution in [-0.2, 0) is 11.3 Å². The lowest BCUT2D eigenvalue weighted by Crippen LogP contribution is -2.31. The Hall–Kier alpha value is -2.53. The van der Waals surface area contributed by atoms with Crippen LogP contribution in [0.3, 0.4) is 0 Å². The van der Waals surface area contributed by atoms with Crippen molar-refractivity contribution < 1.29 is 19.4 Å². The Balaban J connectivity index is 1.96. The van der Waals surface area contributed by atoms with Gasteiger partial charge in [0.1, 0.15) is 0 Å². The highest BCUT2D eigenvalue weighted by Gasteiger charge is 2.40. The van der Waals surface area contributed by atoms with E-state index in [-0.39, 0.29) is 0 Å². The first-order valence-electron chi connectivity index (χ1n) is 8.73. The number of hydrogen-bond acceptors (Lipinski definition) is 4. The van der Waals surface area contributed by atoms with Crippen LogP contribution in [0.25, 0.3) is 11.1 Å². The zero-order chi connectivity index (χ0) is 18.7. The van der Waals surface area contributed by atoms with Crippen molar-refractivity contribution in [1.82, 2.24) is 4.90 Å². The Bertz CT molecular complexity index is 790. The van der Waals surface area contributed by atoms with Crippen LogP contribution in [0.1, 0.15) is 18.9 Å². The predicted octanol–water partition coefficient (Wildman–Crippen LogP) is 3.67. The Morgan fingerprint density at radius 2 is 1.81 bits per heavy atom. The van der Waals surface area contributed by atoms with Crippen LogP contribution in [0.5, 0.6) is 11.5 Å². The van der Waals surface area contributed by atoms with E-state index >= 15 is 0 Å². The molecule has 0 bridgehead atoms. The zero-order valence-electron chi connectivity index (χ0n) is 15.5. The lowest BCUT2D eigenvalue weighted by molar-refractivity contribution is -0.147. The van der Waals surface area contributed by atoms with Gasteiger partial charge in [-0.3, -0.25) is 9.69 Å². The van der Waals surface area contributed by atoms with E-state index in [0.717, 1.165) is 23.2 Å². The molecule has 0 aromatic heterocycles. The summed E-state index contributed by atoms with van der Waals surface area (Å²) in [4.78, 5) is 13.7. The quantitative estimate of drug-likeness (QED) is 0.857. The molecule has 138 valence electrons. The zero-order valence-corrected chi connectivity index (χ0v) is 15.5. The van der Waals surface area contributed by atoms with E-state index in [4.69, 9.17) is 9.47 Å². The van der Waals surface area contributed by atoms with Gasteiger partial charge in [-0.05, 0) is 48.7 Å². The van der Waals surface area contributed by atoms with E-state index in [0.29, 0.717) is 31.0 Å². The first-order valence-corrected chi connectivity index (χ1v) is 8.73. The first-order chi connectivity index (χ1) is 12.5. The van der Waals surface area contributed by atoms with Gasteiger partial charge in [0, 0.05) is 13.1 Å². The molecule has 3 rings (SSSR count). The standard InChI is InChI=1S/C21H25NO4/c1-21(20(23)24)9-10-22(14-21)13-16-11-18(25-2)19(26-3)12-17(16)15-7-5-4-6-8-15/h4-8,11-12H,9-10,13-14H2,1-3H3,(H,23,24). The summed E-state index contributed by atoms with van der Waals surface area (Å²) in [5.41, 5.74) is 2.60. The van der Waals surface area contributed by atoms with Crippen LogP contribution in [0.15, 0.2) is 42.5 Å². The fraction of sp³-hybridized carbons (Fsp3) is 0.381. The molecule has 5 heteroatoms. The number of hydrogen-bond donors (Lipinski definition) is 1. The summed E-state index contributed by atoms with van der Waals surface area (Å²) in [6, 6.07) is 14.1. The second-order valence-electron chi connectivity index (χ2n) is 7.06. The molecular formula is C21H25NO4. The van der Waals surface area contributed by atoms with Crippen molar-refractivity contribution in [2.75, 3.05) is 27.3 Å². The molecule has 1 atom stereocenters. The molecule has 0 aliphatic carbocycles. The summed E-state index contributed by atoms with van der Waals surface area (Å²) in [7, 11) is 3.26. The predicted molar refractivity (Wildman–Crippen MR) is 101 cm³/mol. The fourth-order valence-electron chi connectivity index (χ4n) is 3.55. The second kappa shape index (κ2) is 7.38. The van der Waals surface area contributed by atoms with Gasteiger partial charge in [-0.15, -0.1) is 0 Å². The Labute approximate surface area is 154 Å². The summed E-state index contributed by atoms with van der Waals surface area (Å²) >= 11 is 0. The minimum atomic E-state index is -0.726. The van der Waals surface area contributed by atoms with Crippen molar-refractivity contribution >= 4 is 5.97 Å². The highest BCUT2D eigenvalue weighted by molar-refractivity contribution is 5.75. The van der Waals surface area contributed by atoms with Crippen molar-refractivity contribution in [3.63, 3.8) is 0 Å². The van der Waals surface area contributed by atoms with Gasteiger partial charge in [-0.2, -0.15) is 0 Å². The molecule has 1 heterocycles. The summed E-state index contributed by atoms with van der Waals surface area (Å²) < 4.78 is 10.9. The monoisotopic (exact) mass is 355 g/mol. The molecule has 1 fully saturated rings.